The molecule has 0 saturated heterocycles. The average Bonchev–Trinajstić information content (AvgIpc) is 3.09. The van der Waals surface area contributed by atoms with Crippen molar-refractivity contribution in [3.05, 3.63) is 74.2 Å². The molecule has 1 atom stereocenters. The molecule has 3 rings (SSSR count). The summed E-state index contributed by atoms with van der Waals surface area (Å²) in [4.78, 5) is 28.8. The summed E-state index contributed by atoms with van der Waals surface area (Å²) in [6.45, 7) is -0.558. The lowest BCUT2D eigenvalue weighted by molar-refractivity contribution is 0.0116. The number of benzene rings is 1. The van der Waals surface area contributed by atoms with Crippen LogP contribution in [0.1, 0.15) is 28.1 Å². The van der Waals surface area contributed by atoms with E-state index >= 15 is 0 Å². The van der Waals surface area contributed by atoms with Gasteiger partial charge in [0.1, 0.15) is 17.3 Å². The van der Waals surface area contributed by atoms with Crippen molar-refractivity contribution in [3.63, 3.8) is 0 Å². The molecule has 0 fully saturated rings. The number of nitroso groups, excluding NO2 is 1. The maximum absolute atomic E-state index is 13.8. The Bertz CT molecular complexity index is 962. The molecule has 0 spiro atoms. The minimum atomic E-state index is -1.06. The zero-order chi connectivity index (χ0) is 19.4. The molecule has 0 radical (unpaired) electrons. The number of carbonyl (C=O) groups is 1. The molecule has 0 aliphatic carbocycles. The molecule has 1 amide bonds. The summed E-state index contributed by atoms with van der Waals surface area (Å²) < 4.78 is 34.3. The standard InChI is InChI=1S/C15H11F2N7O3/c16-10-2-1-3-11(17)9(10)7-27-15-13-19-5-12(14(25)22-26)24(13)6-8(21-15)4-20-23-18/h1-3,5-6,15,21H,4,7H2. The predicted molar refractivity (Wildman–Crippen MR) is 87.7 cm³/mol. The summed E-state index contributed by atoms with van der Waals surface area (Å²) in [6.07, 6.45) is 1.48. The maximum Gasteiger partial charge on any atom is 0.335 e. The van der Waals surface area contributed by atoms with Crippen LogP contribution in [0.2, 0.25) is 0 Å². The van der Waals surface area contributed by atoms with Crippen molar-refractivity contribution in [1.82, 2.24) is 14.9 Å². The Morgan fingerprint density at radius 1 is 1.41 bits per heavy atom. The lowest BCUT2D eigenvalue weighted by Crippen LogP contribution is -2.31. The van der Waals surface area contributed by atoms with E-state index in [0.717, 1.165) is 18.3 Å². The first-order valence-corrected chi connectivity index (χ1v) is 7.52. The van der Waals surface area contributed by atoms with Gasteiger partial charge in [0, 0.05) is 27.5 Å². The molecule has 0 bridgehead atoms. The van der Waals surface area contributed by atoms with Crippen LogP contribution >= 0.6 is 0 Å². The van der Waals surface area contributed by atoms with Crippen LogP contribution in [0, 0.1) is 16.5 Å². The highest BCUT2D eigenvalue weighted by atomic mass is 19.1. The Hall–Kier alpha value is -3.63. The van der Waals surface area contributed by atoms with Crippen molar-refractivity contribution >= 4 is 12.1 Å². The number of ether oxygens (including phenoxy) is 1. The molecule has 1 unspecified atom stereocenters. The molecule has 1 aromatic heterocycles. The lowest BCUT2D eigenvalue weighted by atomic mass is 10.2. The van der Waals surface area contributed by atoms with Crippen LogP contribution in [-0.2, 0) is 11.3 Å². The first kappa shape index (κ1) is 18.2. The Kier molecular flexibility index (Phi) is 5.20. The third kappa shape index (κ3) is 3.66. The van der Waals surface area contributed by atoms with Crippen molar-refractivity contribution in [3.8, 4) is 0 Å². The van der Waals surface area contributed by atoms with Crippen LogP contribution in [0.3, 0.4) is 0 Å². The number of hydrogen-bond acceptors (Lipinski definition) is 6. The van der Waals surface area contributed by atoms with Crippen molar-refractivity contribution in [1.29, 1.82) is 0 Å². The van der Waals surface area contributed by atoms with Crippen molar-refractivity contribution < 1.29 is 18.3 Å². The van der Waals surface area contributed by atoms with E-state index in [1.54, 1.807) is 0 Å². The third-order valence-electron chi connectivity index (χ3n) is 3.72. The number of fused-ring (bicyclic) bond motifs is 1. The minimum absolute atomic E-state index is 0.121. The van der Waals surface area contributed by atoms with Gasteiger partial charge in [-0.05, 0) is 17.7 Å². The number of azide groups is 1. The molecule has 138 valence electrons. The Balaban J connectivity index is 1.91. The smallest absolute Gasteiger partial charge is 0.335 e. The minimum Gasteiger partial charge on any atom is -0.356 e. The molecular formula is C15H11F2N7O3. The van der Waals surface area contributed by atoms with E-state index in [4.69, 9.17) is 10.3 Å². The number of hydrogen-bond donors (Lipinski definition) is 1. The van der Waals surface area contributed by atoms with Gasteiger partial charge in [-0.3, -0.25) is 9.36 Å². The van der Waals surface area contributed by atoms with E-state index < -0.39 is 30.4 Å². The molecule has 0 saturated carbocycles. The van der Waals surface area contributed by atoms with E-state index in [9.17, 15) is 18.5 Å². The van der Waals surface area contributed by atoms with Gasteiger partial charge in [0.05, 0.1) is 19.3 Å². The van der Waals surface area contributed by atoms with Gasteiger partial charge >= 0.3 is 5.91 Å². The summed E-state index contributed by atoms with van der Waals surface area (Å²) >= 11 is 0. The Morgan fingerprint density at radius 3 is 2.81 bits per heavy atom. The van der Waals surface area contributed by atoms with Crippen LogP contribution in [-0.4, -0.2) is 22.0 Å². The SMILES string of the molecule is [N-]=[N+]=NCC1=Cn2c(C(=O)N=O)cnc2C(OCc2c(F)cccc2F)N1. The first-order valence-electron chi connectivity index (χ1n) is 7.52. The van der Waals surface area contributed by atoms with Crippen LogP contribution < -0.4 is 5.32 Å². The number of carbonyl (C=O) groups excluding carboxylic acids is 1. The van der Waals surface area contributed by atoms with Gasteiger partial charge in [0.25, 0.3) is 0 Å². The van der Waals surface area contributed by atoms with Gasteiger partial charge < -0.3 is 10.1 Å². The van der Waals surface area contributed by atoms with Crippen LogP contribution in [0.4, 0.5) is 8.78 Å². The molecule has 10 nitrogen and oxygen atoms in total. The number of imidazole rings is 1. The second-order valence-corrected chi connectivity index (χ2v) is 5.35. The Morgan fingerprint density at radius 2 is 2.15 bits per heavy atom. The fourth-order valence-corrected chi connectivity index (χ4v) is 2.48. The van der Waals surface area contributed by atoms with Gasteiger partial charge in [-0.15, -0.1) is 4.91 Å². The lowest BCUT2D eigenvalue weighted by Gasteiger charge is -2.26. The monoisotopic (exact) mass is 375 g/mol. The first-order chi connectivity index (χ1) is 13.0. The molecule has 2 heterocycles. The molecule has 1 aromatic carbocycles. The molecule has 2 aromatic rings. The molecule has 1 N–H and O–H groups in total. The summed E-state index contributed by atoms with van der Waals surface area (Å²) in [5.74, 6) is -2.46. The highest BCUT2D eigenvalue weighted by Gasteiger charge is 2.28. The van der Waals surface area contributed by atoms with Gasteiger partial charge in [-0.1, -0.05) is 11.2 Å². The quantitative estimate of drug-likeness (QED) is 0.358. The van der Waals surface area contributed by atoms with Gasteiger partial charge in [-0.25, -0.2) is 13.8 Å². The molecule has 1 aliphatic rings. The summed E-state index contributed by atoms with van der Waals surface area (Å²) in [7, 11) is 0. The molecular weight excluding hydrogens is 364 g/mol. The van der Waals surface area contributed by atoms with E-state index in [1.807, 2.05) is 0 Å². The highest BCUT2D eigenvalue weighted by molar-refractivity contribution is 5.93. The normalized spacial score (nSPS) is 15.2. The van der Waals surface area contributed by atoms with Crippen molar-refractivity contribution in [2.75, 3.05) is 6.54 Å². The third-order valence-corrected chi connectivity index (χ3v) is 3.72. The number of amides is 1. The van der Waals surface area contributed by atoms with E-state index in [1.165, 1.54) is 16.8 Å². The highest BCUT2D eigenvalue weighted by Crippen LogP contribution is 2.25. The predicted octanol–water partition coefficient (Wildman–Crippen LogP) is 3.00. The van der Waals surface area contributed by atoms with E-state index in [2.05, 4.69) is 25.5 Å². The second-order valence-electron chi connectivity index (χ2n) is 5.35. The topological polar surface area (TPSA) is 134 Å². The van der Waals surface area contributed by atoms with Crippen molar-refractivity contribution in [2.45, 2.75) is 12.8 Å². The summed E-state index contributed by atoms with van der Waals surface area (Å²) in [5.41, 5.74) is 8.39. The largest absolute Gasteiger partial charge is 0.356 e. The summed E-state index contributed by atoms with van der Waals surface area (Å²) in [6, 6.07) is 3.41. The van der Waals surface area contributed by atoms with Crippen molar-refractivity contribution in [2.24, 2.45) is 10.3 Å². The molecule has 27 heavy (non-hydrogen) atoms. The molecule has 12 heteroatoms. The zero-order valence-electron chi connectivity index (χ0n) is 13.5. The number of nitrogens with zero attached hydrogens (tertiary/aromatic N) is 6. The second kappa shape index (κ2) is 7.72. The zero-order valence-corrected chi connectivity index (χ0v) is 13.5. The van der Waals surface area contributed by atoms with Gasteiger partial charge in [0.2, 0.25) is 0 Å². The number of halogens is 2. The molecule has 1 aliphatic heterocycles. The summed E-state index contributed by atoms with van der Waals surface area (Å²) in [5, 5.41) is 8.60. The Labute approximate surface area is 150 Å². The average molecular weight is 375 g/mol. The number of nitrogens with one attached hydrogen (secondary N) is 1. The van der Waals surface area contributed by atoms with Crippen LogP contribution in [0.15, 0.2) is 40.4 Å². The fourth-order valence-electron chi connectivity index (χ4n) is 2.48. The van der Waals surface area contributed by atoms with E-state index in [0.29, 0.717) is 5.70 Å². The van der Waals surface area contributed by atoms with Crippen LogP contribution in [0.25, 0.3) is 16.6 Å². The van der Waals surface area contributed by atoms with Crippen LogP contribution in [0.5, 0.6) is 0 Å². The maximum atomic E-state index is 13.8. The number of rotatable bonds is 6. The van der Waals surface area contributed by atoms with Gasteiger partial charge in [-0.2, -0.15) is 0 Å². The fraction of sp³-hybridized carbons (Fsp3) is 0.200. The number of aromatic nitrogens is 2. The van der Waals surface area contributed by atoms with E-state index in [-0.39, 0.29) is 23.6 Å². The van der Waals surface area contributed by atoms with Gasteiger partial charge in [0.15, 0.2) is 12.1 Å².